The minimum atomic E-state index is -3.47. The Labute approximate surface area is 207 Å². The van der Waals surface area contributed by atoms with Gasteiger partial charge in [-0.1, -0.05) is 32.0 Å². The van der Waals surface area contributed by atoms with E-state index in [9.17, 15) is 13.2 Å². The van der Waals surface area contributed by atoms with E-state index in [1.54, 1.807) is 33.1 Å². The number of piperidine rings is 2. The van der Waals surface area contributed by atoms with Gasteiger partial charge >= 0.3 is 0 Å². The SMILES string of the molecule is Cc1nn2ccc(C3CCN(S(=O)(=O)c4ccccc4)CC3)cc2c1C(=O)N1CC(C)CC(C)C1. The predicted octanol–water partition coefficient (Wildman–Crippen LogP) is 4.33. The molecule has 2 aromatic heterocycles. The summed E-state index contributed by atoms with van der Waals surface area (Å²) in [5.74, 6) is 1.31. The largest absolute Gasteiger partial charge is 0.338 e. The van der Waals surface area contributed by atoms with Crippen LogP contribution in [0.3, 0.4) is 0 Å². The lowest BCUT2D eigenvalue weighted by molar-refractivity contribution is 0.0624. The average molecular weight is 495 g/mol. The molecule has 0 aliphatic carbocycles. The van der Waals surface area contributed by atoms with Crippen molar-refractivity contribution in [3.05, 3.63) is 65.5 Å². The summed E-state index contributed by atoms with van der Waals surface area (Å²) in [4.78, 5) is 15.9. The van der Waals surface area contributed by atoms with E-state index in [0.29, 0.717) is 35.4 Å². The zero-order valence-corrected chi connectivity index (χ0v) is 21.5. The Bertz CT molecular complexity index is 1320. The van der Waals surface area contributed by atoms with Gasteiger partial charge in [-0.15, -0.1) is 0 Å². The minimum Gasteiger partial charge on any atom is -0.338 e. The Morgan fingerprint density at radius 3 is 2.31 bits per heavy atom. The number of rotatable bonds is 4. The van der Waals surface area contributed by atoms with Crippen molar-refractivity contribution in [3.8, 4) is 0 Å². The van der Waals surface area contributed by atoms with Crippen molar-refractivity contribution in [2.45, 2.75) is 50.8 Å². The highest BCUT2D eigenvalue weighted by Gasteiger charge is 2.32. The highest BCUT2D eigenvalue weighted by Crippen LogP contribution is 2.33. The number of pyridine rings is 1. The van der Waals surface area contributed by atoms with E-state index in [1.807, 2.05) is 24.1 Å². The van der Waals surface area contributed by atoms with Crippen LogP contribution >= 0.6 is 0 Å². The molecule has 2 aliphatic heterocycles. The topological polar surface area (TPSA) is 75.0 Å². The summed E-state index contributed by atoms with van der Waals surface area (Å²) < 4.78 is 29.4. The van der Waals surface area contributed by atoms with Crippen LogP contribution in [0.4, 0.5) is 0 Å². The van der Waals surface area contributed by atoms with Crippen molar-refractivity contribution in [3.63, 3.8) is 0 Å². The lowest BCUT2D eigenvalue weighted by Gasteiger charge is -2.35. The van der Waals surface area contributed by atoms with Crippen LogP contribution in [-0.4, -0.2) is 59.3 Å². The van der Waals surface area contributed by atoms with Crippen molar-refractivity contribution in [2.75, 3.05) is 26.2 Å². The van der Waals surface area contributed by atoms with E-state index in [4.69, 9.17) is 0 Å². The Hall–Kier alpha value is -2.71. The quantitative estimate of drug-likeness (QED) is 0.541. The van der Waals surface area contributed by atoms with Crippen LogP contribution in [0, 0.1) is 18.8 Å². The molecule has 8 heteroatoms. The van der Waals surface area contributed by atoms with Gasteiger partial charge in [0.15, 0.2) is 0 Å². The Balaban J connectivity index is 1.36. The number of sulfonamides is 1. The summed E-state index contributed by atoms with van der Waals surface area (Å²) >= 11 is 0. The summed E-state index contributed by atoms with van der Waals surface area (Å²) in [6.07, 6.45) is 4.59. The molecule has 2 atom stereocenters. The molecule has 0 bridgehead atoms. The van der Waals surface area contributed by atoms with Gasteiger partial charge in [-0.2, -0.15) is 9.40 Å². The van der Waals surface area contributed by atoms with Crippen molar-refractivity contribution in [1.82, 2.24) is 18.8 Å². The number of hydrogen-bond donors (Lipinski definition) is 0. The van der Waals surface area contributed by atoms with E-state index >= 15 is 0 Å². The number of hydrogen-bond acceptors (Lipinski definition) is 4. The monoisotopic (exact) mass is 494 g/mol. The van der Waals surface area contributed by atoms with Gasteiger partial charge < -0.3 is 4.90 Å². The molecule has 1 amide bonds. The molecule has 0 saturated carbocycles. The minimum absolute atomic E-state index is 0.0665. The lowest BCUT2D eigenvalue weighted by Crippen LogP contribution is -2.42. The van der Waals surface area contributed by atoms with Crippen LogP contribution in [0.5, 0.6) is 0 Å². The number of benzene rings is 1. The number of aromatic nitrogens is 2. The van der Waals surface area contributed by atoms with Gasteiger partial charge in [0, 0.05) is 32.4 Å². The van der Waals surface area contributed by atoms with Crippen molar-refractivity contribution in [2.24, 2.45) is 11.8 Å². The van der Waals surface area contributed by atoms with E-state index in [0.717, 1.165) is 49.1 Å². The molecule has 2 aliphatic rings. The Morgan fingerprint density at radius 1 is 1.00 bits per heavy atom. The number of nitrogens with zero attached hydrogens (tertiary/aromatic N) is 4. The van der Waals surface area contributed by atoms with E-state index in [2.05, 4.69) is 31.1 Å². The normalized spacial score (nSPS) is 22.5. The first-order chi connectivity index (χ1) is 16.7. The fourth-order valence-electron chi connectivity index (χ4n) is 5.86. The van der Waals surface area contributed by atoms with Gasteiger partial charge in [0.05, 0.1) is 21.7 Å². The lowest BCUT2D eigenvalue weighted by atomic mass is 9.90. The Kier molecular flexibility index (Phi) is 6.44. The average Bonchev–Trinajstić information content (AvgIpc) is 3.18. The molecule has 2 unspecified atom stereocenters. The number of aryl methyl sites for hydroxylation is 1. The Morgan fingerprint density at radius 2 is 1.66 bits per heavy atom. The third-order valence-corrected chi connectivity index (χ3v) is 9.42. The zero-order chi connectivity index (χ0) is 24.7. The molecular formula is C27H34N4O3S. The molecule has 0 N–H and O–H groups in total. The van der Waals surface area contributed by atoms with E-state index < -0.39 is 10.0 Å². The number of carbonyl (C=O) groups excluding carboxylic acids is 1. The number of amides is 1. The zero-order valence-electron chi connectivity index (χ0n) is 20.7. The number of likely N-dealkylation sites (tertiary alicyclic amines) is 1. The highest BCUT2D eigenvalue weighted by molar-refractivity contribution is 7.89. The maximum Gasteiger partial charge on any atom is 0.257 e. The predicted molar refractivity (Wildman–Crippen MR) is 136 cm³/mol. The molecule has 2 fully saturated rings. The van der Waals surface area contributed by atoms with Gasteiger partial charge in [-0.25, -0.2) is 12.9 Å². The molecule has 0 radical (unpaired) electrons. The fraction of sp³-hybridized carbons (Fsp3) is 0.481. The van der Waals surface area contributed by atoms with E-state index in [-0.39, 0.29) is 11.8 Å². The van der Waals surface area contributed by atoms with Gasteiger partial charge in [0.1, 0.15) is 0 Å². The second-order valence-corrected chi connectivity index (χ2v) is 12.3. The van der Waals surface area contributed by atoms with Crippen LogP contribution in [0.1, 0.15) is 60.6 Å². The molecular weight excluding hydrogens is 460 g/mol. The van der Waals surface area contributed by atoms with Gasteiger partial charge in [-0.05, 0) is 73.8 Å². The van der Waals surface area contributed by atoms with Crippen LogP contribution in [0.2, 0.25) is 0 Å². The van der Waals surface area contributed by atoms with Crippen molar-refractivity contribution in [1.29, 1.82) is 0 Å². The maximum absolute atomic E-state index is 13.6. The third kappa shape index (κ3) is 4.61. The van der Waals surface area contributed by atoms with Crippen LogP contribution in [-0.2, 0) is 10.0 Å². The molecule has 5 rings (SSSR count). The molecule has 2 saturated heterocycles. The molecule has 35 heavy (non-hydrogen) atoms. The van der Waals surface area contributed by atoms with Crippen LogP contribution in [0.15, 0.2) is 53.6 Å². The highest BCUT2D eigenvalue weighted by atomic mass is 32.2. The van der Waals surface area contributed by atoms with Crippen LogP contribution in [0.25, 0.3) is 5.52 Å². The first kappa shape index (κ1) is 24.0. The summed E-state index contributed by atoms with van der Waals surface area (Å²) in [7, 11) is -3.47. The first-order valence-corrected chi connectivity index (χ1v) is 14.0. The molecule has 4 heterocycles. The van der Waals surface area contributed by atoms with Crippen LogP contribution < -0.4 is 0 Å². The van der Waals surface area contributed by atoms with Gasteiger partial charge in [0.2, 0.25) is 10.0 Å². The summed E-state index contributed by atoms with van der Waals surface area (Å²) in [5.41, 5.74) is 3.43. The molecule has 3 aromatic rings. The molecule has 7 nitrogen and oxygen atoms in total. The molecule has 186 valence electrons. The first-order valence-electron chi connectivity index (χ1n) is 12.6. The second kappa shape index (κ2) is 9.39. The smallest absolute Gasteiger partial charge is 0.257 e. The summed E-state index contributed by atoms with van der Waals surface area (Å²) in [6.45, 7) is 8.87. The van der Waals surface area contributed by atoms with E-state index in [1.165, 1.54) is 0 Å². The molecule has 1 aromatic carbocycles. The third-order valence-electron chi connectivity index (χ3n) is 7.51. The van der Waals surface area contributed by atoms with Crippen molar-refractivity contribution >= 4 is 21.4 Å². The number of fused-ring (bicyclic) bond motifs is 1. The standard InChI is InChI=1S/C27H34N4O3S/c1-19-15-20(2)18-29(17-19)27(32)26-21(3)28-31-14-11-23(16-25(26)31)22-9-12-30(13-10-22)35(33,34)24-7-5-4-6-8-24/h4-8,11,14,16,19-20,22H,9-10,12-13,15,17-18H2,1-3H3. The summed E-state index contributed by atoms with van der Waals surface area (Å²) in [6, 6.07) is 12.8. The second-order valence-electron chi connectivity index (χ2n) is 10.4. The van der Waals surface area contributed by atoms with Gasteiger partial charge in [-0.3, -0.25) is 4.79 Å². The molecule has 0 spiro atoms. The summed E-state index contributed by atoms with van der Waals surface area (Å²) in [5, 5.41) is 4.61. The van der Waals surface area contributed by atoms with Gasteiger partial charge in [0.25, 0.3) is 5.91 Å². The van der Waals surface area contributed by atoms with Crippen molar-refractivity contribution < 1.29 is 13.2 Å². The fourth-order valence-corrected chi connectivity index (χ4v) is 7.35. The maximum atomic E-state index is 13.6. The number of carbonyl (C=O) groups is 1.